The number of hydrogen-bond donors (Lipinski definition) is 1. The van der Waals surface area contributed by atoms with Gasteiger partial charge in [0.05, 0.1) is 22.3 Å². The zero-order valence-corrected chi connectivity index (χ0v) is 12.3. The minimum atomic E-state index is -0.707. The third kappa shape index (κ3) is 2.62. The molecule has 6 heteroatoms. The van der Waals surface area contributed by atoms with Crippen molar-refractivity contribution in [2.75, 3.05) is 6.54 Å². The molecule has 2 rings (SSSR count). The van der Waals surface area contributed by atoms with E-state index in [0.29, 0.717) is 18.0 Å². The van der Waals surface area contributed by atoms with Crippen molar-refractivity contribution in [2.24, 2.45) is 5.92 Å². The summed E-state index contributed by atoms with van der Waals surface area (Å²) in [5, 5.41) is 14.3. The van der Waals surface area contributed by atoms with Gasteiger partial charge in [0.25, 0.3) is 0 Å². The molecule has 1 aliphatic heterocycles. The van der Waals surface area contributed by atoms with Crippen molar-refractivity contribution in [1.82, 2.24) is 14.7 Å². The molecule has 0 amide bonds. The number of aliphatic carboxylic acids is 1. The number of rotatable bonds is 4. The summed E-state index contributed by atoms with van der Waals surface area (Å²) in [5.41, 5.74) is 1.82. The molecule has 1 saturated heterocycles. The van der Waals surface area contributed by atoms with E-state index in [9.17, 15) is 4.79 Å². The fourth-order valence-corrected chi connectivity index (χ4v) is 2.96. The van der Waals surface area contributed by atoms with Crippen molar-refractivity contribution in [3.63, 3.8) is 0 Å². The summed E-state index contributed by atoms with van der Waals surface area (Å²) in [6, 6.07) is 0.0362. The Morgan fingerprint density at radius 1 is 1.58 bits per heavy atom. The minimum Gasteiger partial charge on any atom is -0.481 e. The van der Waals surface area contributed by atoms with E-state index < -0.39 is 5.97 Å². The van der Waals surface area contributed by atoms with Crippen LogP contribution in [0.15, 0.2) is 0 Å². The zero-order chi connectivity index (χ0) is 14.2. The fourth-order valence-electron chi connectivity index (χ4n) is 2.77. The Bertz CT molecular complexity index is 486. The first-order chi connectivity index (χ1) is 8.95. The molecule has 1 aliphatic rings. The van der Waals surface area contributed by atoms with Crippen LogP contribution in [-0.2, 0) is 17.9 Å². The summed E-state index contributed by atoms with van der Waals surface area (Å²) in [6.07, 6.45) is 0.702. The highest BCUT2D eigenvalue weighted by molar-refractivity contribution is 6.31. The van der Waals surface area contributed by atoms with Gasteiger partial charge in [-0.05, 0) is 33.7 Å². The Balaban J connectivity index is 2.16. The van der Waals surface area contributed by atoms with E-state index in [1.54, 1.807) is 0 Å². The van der Waals surface area contributed by atoms with Crippen molar-refractivity contribution in [1.29, 1.82) is 0 Å². The predicted octanol–water partition coefficient (Wildman–Crippen LogP) is 2.16. The van der Waals surface area contributed by atoms with Crippen LogP contribution in [0.4, 0.5) is 0 Å². The van der Waals surface area contributed by atoms with Gasteiger partial charge < -0.3 is 5.11 Å². The highest BCUT2D eigenvalue weighted by Gasteiger charge is 2.36. The second-order valence-corrected chi connectivity index (χ2v) is 5.48. The molecule has 0 aromatic carbocycles. The van der Waals surface area contributed by atoms with Crippen LogP contribution in [0.1, 0.15) is 31.7 Å². The number of likely N-dealkylation sites (tertiary alicyclic amines) is 1. The van der Waals surface area contributed by atoms with Crippen molar-refractivity contribution in [3.05, 3.63) is 16.4 Å². The smallest absolute Gasteiger partial charge is 0.308 e. The number of carboxylic acids is 1. The van der Waals surface area contributed by atoms with Gasteiger partial charge >= 0.3 is 5.97 Å². The van der Waals surface area contributed by atoms with Crippen LogP contribution in [0.2, 0.25) is 5.02 Å². The molecule has 19 heavy (non-hydrogen) atoms. The first-order valence-electron chi connectivity index (χ1n) is 6.64. The van der Waals surface area contributed by atoms with Crippen LogP contribution in [0.3, 0.4) is 0 Å². The summed E-state index contributed by atoms with van der Waals surface area (Å²) in [6.45, 7) is 8.12. The van der Waals surface area contributed by atoms with Crippen LogP contribution >= 0.6 is 11.6 Å². The molecule has 0 spiro atoms. The third-order valence-electron chi connectivity index (χ3n) is 4.01. The van der Waals surface area contributed by atoms with Crippen molar-refractivity contribution in [2.45, 2.75) is 46.3 Å². The molecule has 2 unspecified atom stereocenters. The van der Waals surface area contributed by atoms with E-state index in [1.807, 2.05) is 25.5 Å². The van der Waals surface area contributed by atoms with Crippen LogP contribution in [-0.4, -0.2) is 38.3 Å². The van der Waals surface area contributed by atoms with Crippen LogP contribution in [0.5, 0.6) is 0 Å². The molecule has 0 radical (unpaired) electrons. The van der Waals surface area contributed by atoms with Gasteiger partial charge in [-0.25, -0.2) is 0 Å². The number of halogens is 1. The average Bonchev–Trinajstić information content (AvgIpc) is 2.85. The summed E-state index contributed by atoms with van der Waals surface area (Å²) in [5.74, 6) is -0.987. The monoisotopic (exact) mass is 285 g/mol. The molecule has 0 saturated carbocycles. The maximum Gasteiger partial charge on any atom is 0.308 e. The minimum absolute atomic E-state index is 0.0362. The summed E-state index contributed by atoms with van der Waals surface area (Å²) >= 11 is 6.29. The summed E-state index contributed by atoms with van der Waals surface area (Å²) in [7, 11) is 0. The van der Waals surface area contributed by atoms with Gasteiger partial charge in [0, 0.05) is 19.1 Å². The largest absolute Gasteiger partial charge is 0.481 e. The second kappa shape index (κ2) is 5.51. The topological polar surface area (TPSA) is 58.4 Å². The lowest BCUT2D eigenvalue weighted by atomic mass is 10.0. The number of carboxylic acid groups (broad SMARTS) is 1. The van der Waals surface area contributed by atoms with E-state index in [1.165, 1.54) is 0 Å². The fraction of sp³-hybridized carbons (Fsp3) is 0.692. The Morgan fingerprint density at radius 3 is 2.79 bits per heavy atom. The van der Waals surface area contributed by atoms with Crippen molar-refractivity contribution >= 4 is 17.6 Å². The van der Waals surface area contributed by atoms with Gasteiger partial charge in [0.1, 0.15) is 0 Å². The molecule has 106 valence electrons. The Hall–Kier alpha value is -1.07. The number of nitrogens with zero attached hydrogens (tertiary/aromatic N) is 3. The number of hydrogen-bond acceptors (Lipinski definition) is 3. The molecule has 1 fully saturated rings. The van der Waals surface area contributed by atoms with Crippen LogP contribution in [0, 0.1) is 12.8 Å². The van der Waals surface area contributed by atoms with Gasteiger partial charge in [-0.15, -0.1) is 0 Å². The first kappa shape index (κ1) is 14.3. The molecule has 1 aromatic heterocycles. The molecule has 1 N–H and O–H groups in total. The maximum atomic E-state index is 11.1. The lowest BCUT2D eigenvalue weighted by Gasteiger charge is -2.23. The van der Waals surface area contributed by atoms with Gasteiger partial charge in [-0.1, -0.05) is 11.6 Å². The van der Waals surface area contributed by atoms with E-state index in [0.717, 1.165) is 24.5 Å². The van der Waals surface area contributed by atoms with E-state index in [2.05, 4.69) is 10.00 Å². The lowest BCUT2D eigenvalue weighted by Crippen LogP contribution is -2.33. The maximum absolute atomic E-state index is 11.1. The molecular weight excluding hydrogens is 266 g/mol. The van der Waals surface area contributed by atoms with E-state index in [4.69, 9.17) is 16.7 Å². The SMILES string of the molecule is CCn1nc(C)c(Cl)c1CN1CCC(C(=O)O)C1C. The highest BCUT2D eigenvalue weighted by atomic mass is 35.5. The van der Waals surface area contributed by atoms with Crippen molar-refractivity contribution < 1.29 is 9.90 Å². The normalized spacial score (nSPS) is 24.0. The molecule has 0 bridgehead atoms. The predicted molar refractivity (Wildman–Crippen MR) is 73.3 cm³/mol. The average molecular weight is 286 g/mol. The van der Waals surface area contributed by atoms with Crippen LogP contribution < -0.4 is 0 Å². The summed E-state index contributed by atoms with van der Waals surface area (Å²) in [4.78, 5) is 13.3. The number of aromatic nitrogens is 2. The Labute approximate surface area is 118 Å². The van der Waals surface area contributed by atoms with E-state index in [-0.39, 0.29) is 12.0 Å². The zero-order valence-electron chi connectivity index (χ0n) is 11.6. The summed E-state index contributed by atoms with van der Waals surface area (Å²) < 4.78 is 1.90. The third-order valence-corrected chi connectivity index (χ3v) is 4.50. The number of carbonyl (C=O) groups is 1. The second-order valence-electron chi connectivity index (χ2n) is 5.11. The first-order valence-corrected chi connectivity index (χ1v) is 7.02. The molecule has 2 heterocycles. The van der Waals surface area contributed by atoms with Crippen molar-refractivity contribution in [3.8, 4) is 0 Å². The lowest BCUT2D eigenvalue weighted by molar-refractivity contribution is -0.142. The number of aryl methyl sites for hydroxylation is 2. The Morgan fingerprint density at radius 2 is 2.26 bits per heavy atom. The van der Waals surface area contributed by atoms with Crippen LogP contribution in [0.25, 0.3) is 0 Å². The Kier molecular flexibility index (Phi) is 4.16. The molecule has 5 nitrogen and oxygen atoms in total. The van der Waals surface area contributed by atoms with Gasteiger partial charge in [-0.2, -0.15) is 5.10 Å². The van der Waals surface area contributed by atoms with Gasteiger partial charge in [-0.3, -0.25) is 14.4 Å². The van der Waals surface area contributed by atoms with E-state index >= 15 is 0 Å². The highest BCUT2D eigenvalue weighted by Crippen LogP contribution is 2.29. The molecule has 0 aliphatic carbocycles. The molecular formula is C13H20ClN3O2. The standard InChI is InChI=1S/C13H20ClN3O2/c1-4-17-11(12(14)8(2)15-17)7-16-6-5-10(9(16)3)13(18)19/h9-10H,4-7H2,1-3H3,(H,18,19). The molecule has 2 atom stereocenters. The molecule has 1 aromatic rings. The van der Waals surface area contributed by atoms with Gasteiger partial charge in [0.15, 0.2) is 0 Å². The van der Waals surface area contributed by atoms with Gasteiger partial charge in [0.2, 0.25) is 0 Å². The quantitative estimate of drug-likeness (QED) is 0.921.